The van der Waals surface area contributed by atoms with Gasteiger partial charge in [0.05, 0.1) is 12.2 Å². The SMILES string of the molecule is C[C@@H]1Cc2nn(C3CCCCO3)c(C(=O)O)c2CN1C(=O)OC(C)(C)C. The highest BCUT2D eigenvalue weighted by Gasteiger charge is 2.37. The molecule has 1 fully saturated rings. The zero-order valence-electron chi connectivity index (χ0n) is 15.8. The minimum Gasteiger partial charge on any atom is -0.477 e. The van der Waals surface area contributed by atoms with Crippen LogP contribution in [-0.2, 0) is 22.4 Å². The van der Waals surface area contributed by atoms with Gasteiger partial charge in [-0.15, -0.1) is 0 Å². The molecule has 144 valence electrons. The molecule has 1 aromatic rings. The number of hydrogen-bond acceptors (Lipinski definition) is 5. The lowest BCUT2D eigenvalue weighted by Gasteiger charge is -2.34. The number of rotatable bonds is 2. The average Bonchev–Trinajstić information content (AvgIpc) is 2.91. The molecule has 8 heteroatoms. The van der Waals surface area contributed by atoms with Crippen molar-refractivity contribution in [3.8, 4) is 0 Å². The molecule has 1 unspecified atom stereocenters. The van der Waals surface area contributed by atoms with Gasteiger partial charge in [-0.05, 0) is 47.0 Å². The van der Waals surface area contributed by atoms with Gasteiger partial charge in [0.2, 0.25) is 0 Å². The van der Waals surface area contributed by atoms with Gasteiger partial charge < -0.3 is 19.5 Å². The molecule has 2 aliphatic rings. The highest BCUT2D eigenvalue weighted by atomic mass is 16.6. The average molecular weight is 365 g/mol. The van der Waals surface area contributed by atoms with E-state index in [9.17, 15) is 14.7 Å². The zero-order valence-corrected chi connectivity index (χ0v) is 15.8. The van der Waals surface area contributed by atoms with Crippen molar-refractivity contribution in [3.05, 3.63) is 17.0 Å². The molecule has 0 aliphatic carbocycles. The normalized spacial score (nSPS) is 23.5. The molecule has 1 N–H and O–H groups in total. The van der Waals surface area contributed by atoms with Crippen LogP contribution in [0.3, 0.4) is 0 Å². The smallest absolute Gasteiger partial charge is 0.410 e. The second kappa shape index (κ2) is 6.90. The number of aromatic nitrogens is 2. The third-order valence-corrected chi connectivity index (χ3v) is 4.70. The minimum atomic E-state index is -1.05. The molecule has 0 saturated carbocycles. The van der Waals surface area contributed by atoms with E-state index in [0.29, 0.717) is 18.6 Å². The van der Waals surface area contributed by atoms with Gasteiger partial charge in [-0.1, -0.05) is 0 Å². The number of carboxylic acids is 1. The van der Waals surface area contributed by atoms with E-state index in [1.54, 1.807) is 4.90 Å². The Morgan fingerprint density at radius 2 is 2.04 bits per heavy atom. The van der Waals surface area contributed by atoms with Crippen LogP contribution in [0.1, 0.15) is 74.9 Å². The number of hydrogen-bond donors (Lipinski definition) is 1. The maximum absolute atomic E-state index is 12.5. The van der Waals surface area contributed by atoms with Crippen molar-refractivity contribution in [2.24, 2.45) is 0 Å². The molecule has 3 rings (SSSR count). The van der Waals surface area contributed by atoms with Crippen molar-refractivity contribution < 1.29 is 24.2 Å². The number of nitrogens with zero attached hydrogens (tertiary/aromatic N) is 3. The Kier molecular flexibility index (Phi) is 4.96. The first-order valence-electron chi connectivity index (χ1n) is 9.12. The maximum Gasteiger partial charge on any atom is 0.410 e. The molecule has 2 atom stereocenters. The first-order chi connectivity index (χ1) is 12.2. The Hall–Kier alpha value is -2.09. The summed E-state index contributed by atoms with van der Waals surface area (Å²) in [5.74, 6) is -1.05. The number of aromatic carboxylic acids is 1. The van der Waals surface area contributed by atoms with Gasteiger partial charge in [0, 0.05) is 24.6 Å². The van der Waals surface area contributed by atoms with Crippen LogP contribution in [0.15, 0.2) is 0 Å². The van der Waals surface area contributed by atoms with E-state index in [2.05, 4.69) is 5.10 Å². The Morgan fingerprint density at radius 1 is 1.31 bits per heavy atom. The quantitative estimate of drug-likeness (QED) is 0.866. The first kappa shape index (κ1) is 18.7. The van der Waals surface area contributed by atoms with Crippen molar-refractivity contribution in [2.45, 2.75) is 77.8 Å². The van der Waals surface area contributed by atoms with Crippen molar-refractivity contribution in [2.75, 3.05) is 6.61 Å². The number of fused-ring (bicyclic) bond motifs is 1. The molecule has 1 aromatic heterocycles. The Balaban J connectivity index is 1.92. The predicted molar refractivity (Wildman–Crippen MR) is 93.0 cm³/mol. The van der Waals surface area contributed by atoms with Gasteiger partial charge in [-0.25, -0.2) is 14.3 Å². The first-order valence-corrected chi connectivity index (χ1v) is 9.12. The molecule has 26 heavy (non-hydrogen) atoms. The van der Waals surface area contributed by atoms with Gasteiger partial charge >= 0.3 is 12.1 Å². The van der Waals surface area contributed by atoms with Crippen LogP contribution in [0.5, 0.6) is 0 Å². The second-order valence-electron chi connectivity index (χ2n) is 8.01. The summed E-state index contributed by atoms with van der Waals surface area (Å²) >= 11 is 0. The Labute approximate surface area is 153 Å². The predicted octanol–water partition coefficient (Wildman–Crippen LogP) is 2.96. The summed E-state index contributed by atoms with van der Waals surface area (Å²) in [6.07, 6.45) is 2.40. The van der Waals surface area contributed by atoms with E-state index < -0.39 is 17.7 Å². The fraction of sp³-hybridized carbons (Fsp3) is 0.722. The van der Waals surface area contributed by atoms with Crippen LogP contribution in [0.25, 0.3) is 0 Å². The van der Waals surface area contributed by atoms with E-state index in [1.165, 1.54) is 4.68 Å². The van der Waals surface area contributed by atoms with Gasteiger partial charge in [-0.3, -0.25) is 0 Å². The van der Waals surface area contributed by atoms with Crippen LogP contribution in [0, 0.1) is 0 Å². The van der Waals surface area contributed by atoms with Crippen LogP contribution in [0.2, 0.25) is 0 Å². The lowest BCUT2D eigenvalue weighted by atomic mass is 10.00. The Bertz CT molecular complexity index is 700. The standard InChI is InChI=1S/C18H27N3O5/c1-11-9-13-12(10-20(11)17(24)26-18(2,3)4)15(16(22)23)21(19-13)14-7-5-6-8-25-14/h11,14H,5-10H2,1-4H3,(H,22,23)/t11-,14?/m1/s1. The summed E-state index contributed by atoms with van der Waals surface area (Å²) < 4.78 is 12.7. The summed E-state index contributed by atoms with van der Waals surface area (Å²) in [4.78, 5) is 26.0. The van der Waals surface area contributed by atoms with Crippen LogP contribution in [-0.4, -0.2) is 50.1 Å². The lowest BCUT2D eigenvalue weighted by molar-refractivity contribution is -0.0415. The van der Waals surface area contributed by atoms with Gasteiger partial charge in [-0.2, -0.15) is 5.10 Å². The molecule has 0 bridgehead atoms. The molecule has 0 spiro atoms. The largest absolute Gasteiger partial charge is 0.477 e. The van der Waals surface area contributed by atoms with Gasteiger partial charge in [0.15, 0.2) is 11.9 Å². The third kappa shape index (κ3) is 3.70. The molecular weight excluding hydrogens is 338 g/mol. The maximum atomic E-state index is 12.5. The summed E-state index contributed by atoms with van der Waals surface area (Å²) in [7, 11) is 0. The van der Waals surface area contributed by atoms with E-state index in [1.807, 2.05) is 27.7 Å². The summed E-state index contributed by atoms with van der Waals surface area (Å²) in [5.41, 5.74) is 0.819. The molecule has 1 saturated heterocycles. The number of carboxylic acid groups (broad SMARTS) is 1. The van der Waals surface area contributed by atoms with Gasteiger partial charge in [0.25, 0.3) is 0 Å². The topological polar surface area (TPSA) is 93.9 Å². The van der Waals surface area contributed by atoms with E-state index in [0.717, 1.165) is 25.0 Å². The molecule has 2 aliphatic heterocycles. The van der Waals surface area contributed by atoms with Crippen molar-refractivity contribution in [1.29, 1.82) is 0 Å². The molecule has 0 aromatic carbocycles. The number of ether oxygens (including phenoxy) is 2. The lowest BCUT2D eigenvalue weighted by Crippen LogP contribution is -2.45. The molecule has 0 radical (unpaired) electrons. The van der Waals surface area contributed by atoms with Gasteiger partial charge in [0.1, 0.15) is 5.60 Å². The van der Waals surface area contributed by atoms with Crippen LogP contribution < -0.4 is 0 Å². The molecule has 3 heterocycles. The molecular formula is C18H27N3O5. The van der Waals surface area contributed by atoms with E-state index >= 15 is 0 Å². The zero-order chi connectivity index (χ0) is 19.1. The summed E-state index contributed by atoms with van der Waals surface area (Å²) in [6.45, 7) is 8.14. The van der Waals surface area contributed by atoms with Crippen molar-refractivity contribution >= 4 is 12.1 Å². The monoisotopic (exact) mass is 365 g/mol. The van der Waals surface area contributed by atoms with E-state index in [-0.39, 0.29) is 24.5 Å². The second-order valence-corrected chi connectivity index (χ2v) is 8.01. The number of carbonyl (C=O) groups is 2. The minimum absolute atomic E-state index is 0.116. The fourth-order valence-electron chi connectivity index (χ4n) is 3.48. The fourth-order valence-corrected chi connectivity index (χ4v) is 3.48. The highest BCUT2D eigenvalue weighted by Crippen LogP contribution is 2.31. The molecule has 8 nitrogen and oxygen atoms in total. The summed E-state index contributed by atoms with van der Waals surface area (Å²) in [6, 6.07) is -0.116. The van der Waals surface area contributed by atoms with Crippen LogP contribution in [0.4, 0.5) is 4.79 Å². The highest BCUT2D eigenvalue weighted by molar-refractivity contribution is 5.88. The van der Waals surface area contributed by atoms with Crippen LogP contribution >= 0.6 is 0 Å². The number of carbonyl (C=O) groups excluding carboxylic acids is 1. The van der Waals surface area contributed by atoms with E-state index in [4.69, 9.17) is 9.47 Å². The van der Waals surface area contributed by atoms with Crippen molar-refractivity contribution in [1.82, 2.24) is 14.7 Å². The molecule has 1 amide bonds. The Morgan fingerprint density at radius 3 is 2.62 bits per heavy atom. The third-order valence-electron chi connectivity index (χ3n) is 4.70. The number of amides is 1. The summed E-state index contributed by atoms with van der Waals surface area (Å²) in [5, 5.41) is 14.3. The van der Waals surface area contributed by atoms with Crippen molar-refractivity contribution in [3.63, 3.8) is 0 Å².